The number of amides is 1. The first-order valence-corrected chi connectivity index (χ1v) is 10.2. The maximum atomic E-state index is 13.1. The molecule has 1 N–H and O–H groups in total. The highest BCUT2D eigenvalue weighted by Crippen LogP contribution is 2.30. The molecule has 0 unspecified atom stereocenters. The molecule has 0 aliphatic carbocycles. The second-order valence-electron chi connectivity index (χ2n) is 6.95. The first-order chi connectivity index (χ1) is 14.5. The van der Waals surface area contributed by atoms with Crippen molar-refractivity contribution in [1.29, 1.82) is 5.26 Å². The summed E-state index contributed by atoms with van der Waals surface area (Å²) in [5.41, 5.74) is 4.17. The lowest BCUT2D eigenvalue weighted by atomic mass is 10.1. The van der Waals surface area contributed by atoms with E-state index in [9.17, 15) is 9.59 Å². The van der Waals surface area contributed by atoms with Crippen molar-refractivity contribution < 1.29 is 4.79 Å². The van der Waals surface area contributed by atoms with E-state index in [1.165, 1.54) is 22.2 Å². The van der Waals surface area contributed by atoms with Gasteiger partial charge in [0.2, 0.25) is 5.91 Å². The van der Waals surface area contributed by atoms with Crippen molar-refractivity contribution in [2.75, 3.05) is 5.32 Å². The van der Waals surface area contributed by atoms with E-state index < -0.39 is 0 Å². The number of carbonyl (C=O) groups excluding carboxylic acids is 1. The number of nitriles is 1. The van der Waals surface area contributed by atoms with Crippen LogP contribution in [0, 0.1) is 18.3 Å². The summed E-state index contributed by atoms with van der Waals surface area (Å²) < 4.78 is 1.33. The van der Waals surface area contributed by atoms with Gasteiger partial charge in [-0.3, -0.25) is 14.2 Å². The molecule has 0 spiro atoms. The van der Waals surface area contributed by atoms with Crippen molar-refractivity contribution in [3.63, 3.8) is 0 Å². The maximum absolute atomic E-state index is 13.1. The SMILES string of the molecule is Cc1ccc(-c2csc3ncn(CC(=O)Nc4ccc(CC#N)cc4)c(=O)c23)cc1. The molecule has 4 aromatic rings. The Labute approximate surface area is 177 Å². The van der Waals surface area contributed by atoms with Crippen molar-refractivity contribution >= 4 is 33.1 Å². The van der Waals surface area contributed by atoms with Gasteiger partial charge >= 0.3 is 0 Å². The van der Waals surface area contributed by atoms with Crippen LogP contribution in [0.25, 0.3) is 21.3 Å². The van der Waals surface area contributed by atoms with E-state index in [2.05, 4.69) is 16.4 Å². The number of hydrogen-bond donors (Lipinski definition) is 1. The molecule has 2 aromatic heterocycles. The largest absolute Gasteiger partial charge is 0.325 e. The molecule has 2 heterocycles. The molecule has 0 saturated heterocycles. The van der Waals surface area contributed by atoms with E-state index in [4.69, 9.17) is 5.26 Å². The summed E-state index contributed by atoms with van der Waals surface area (Å²) in [6.07, 6.45) is 1.73. The number of thiophene rings is 1. The van der Waals surface area contributed by atoms with Crippen LogP contribution in [-0.4, -0.2) is 15.5 Å². The zero-order valence-corrected chi connectivity index (χ0v) is 17.1. The standard InChI is InChI=1S/C23H18N4O2S/c1-15-2-6-17(7-3-15)19-13-30-22-21(19)23(29)27(14-25-22)12-20(28)26-18-8-4-16(5-9-18)10-11-24/h2-9,13-14H,10,12H2,1H3,(H,26,28). The van der Waals surface area contributed by atoms with Crippen LogP contribution in [0.4, 0.5) is 5.69 Å². The number of benzene rings is 2. The highest BCUT2D eigenvalue weighted by Gasteiger charge is 2.15. The molecule has 2 aromatic carbocycles. The maximum Gasteiger partial charge on any atom is 0.263 e. The zero-order chi connectivity index (χ0) is 21.1. The fourth-order valence-electron chi connectivity index (χ4n) is 3.18. The molecule has 4 rings (SSSR count). The zero-order valence-electron chi connectivity index (χ0n) is 16.3. The molecule has 30 heavy (non-hydrogen) atoms. The Morgan fingerprint density at radius 3 is 2.60 bits per heavy atom. The van der Waals surface area contributed by atoms with Crippen LogP contribution in [0.1, 0.15) is 11.1 Å². The lowest BCUT2D eigenvalue weighted by Crippen LogP contribution is -2.27. The molecule has 6 nitrogen and oxygen atoms in total. The fraction of sp³-hybridized carbons (Fsp3) is 0.130. The predicted octanol–water partition coefficient (Wildman–Crippen LogP) is 4.14. The van der Waals surface area contributed by atoms with Gasteiger partial charge in [0.1, 0.15) is 11.4 Å². The van der Waals surface area contributed by atoms with Crippen molar-refractivity contribution in [2.45, 2.75) is 19.9 Å². The quantitative estimate of drug-likeness (QED) is 0.532. The summed E-state index contributed by atoms with van der Waals surface area (Å²) in [4.78, 5) is 30.6. The predicted molar refractivity (Wildman–Crippen MR) is 118 cm³/mol. The monoisotopic (exact) mass is 414 g/mol. The van der Waals surface area contributed by atoms with Gasteiger partial charge < -0.3 is 5.32 Å². The minimum Gasteiger partial charge on any atom is -0.325 e. The Kier molecular flexibility index (Phi) is 5.42. The van der Waals surface area contributed by atoms with Crippen LogP contribution in [-0.2, 0) is 17.8 Å². The molecule has 0 aliphatic heterocycles. The topological polar surface area (TPSA) is 87.8 Å². The summed E-state index contributed by atoms with van der Waals surface area (Å²) >= 11 is 1.41. The first-order valence-electron chi connectivity index (χ1n) is 9.34. The number of nitrogens with one attached hydrogen (secondary N) is 1. The third-order valence-electron chi connectivity index (χ3n) is 4.76. The average molecular weight is 414 g/mol. The van der Waals surface area contributed by atoms with Gasteiger partial charge in [-0.15, -0.1) is 11.3 Å². The molecule has 0 bridgehead atoms. The van der Waals surface area contributed by atoms with Crippen LogP contribution in [0.3, 0.4) is 0 Å². The van der Waals surface area contributed by atoms with Crippen LogP contribution in [0.15, 0.2) is 65.0 Å². The minimum absolute atomic E-state index is 0.134. The van der Waals surface area contributed by atoms with E-state index >= 15 is 0 Å². The summed E-state index contributed by atoms with van der Waals surface area (Å²) in [5, 5.41) is 14.0. The molecule has 0 fully saturated rings. The second kappa shape index (κ2) is 8.31. The van der Waals surface area contributed by atoms with Gasteiger partial charge in [0, 0.05) is 16.6 Å². The molecular weight excluding hydrogens is 396 g/mol. The third-order valence-corrected chi connectivity index (χ3v) is 5.64. The molecule has 0 aliphatic rings. The summed E-state index contributed by atoms with van der Waals surface area (Å²) in [7, 11) is 0. The van der Waals surface area contributed by atoms with Crippen molar-refractivity contribution in [1.82, 2.24) is 9.55 Å². The lowest BCUT2D eigenvalue weighted by Gasteiger charge is -2.08. The number of rotatable bonds is 5. The third kappa shape index (κ3) is 4.00. The Balaban J connectivity index is 1.58. The minimum atomic E-state index is -0.321. The molecule has 1 amide bonds. The van der Waals surface area contributed by atoms with Crippen LogP contribution in [0.5, 0.6) is 0 Å². The van der Waals surface area contributed by atoms with Crippen LogP contribution in [0.2, 0.25) is 0 Å². The van der Waals surface area contributed by atoms with Gasteiger partial charge in [-0.2, -0.15) is 5.26 Å². The molecule has 148 valence electrons. The van der Waals surface area contributed by atoms with Crippen molar-refractivity contribution in [3.8, 4) is 17.2 Å². The number of nitrogens with zero attached hydrogens (tertiary/aromatic N) is 3. The first kappa shape index (κ1) is 19.6. The summed E-state index contributed by atoms with van der Waals surface area (Å²) in [6, 6.07) is 17.1. The van der Waals surface area contributed by atoms with E-state index in [1.54, 1.807) is 24.3 Å². The van der Waals surface area contributed by atoms with Crippen LogP contribution < -0.4 is 10.9 Å². The fourth-order valence-corrected chi connectivity index (χ4v) is 4.08. The molecule has 0 saturated carbocycles. The van der Waals surface area contributed by atoms with E-state index in [0.717, 1.165) is 22.3 Å². The number of aryl methyl sites for hydroxylation is 1. The highest BCUT2D eigenvalue weighted by atomic mass is 32.1. The van der Waals surface area contributed by atoms with Crippen molar-refractivity contribution in [3.05, 3.63) is 81.7 Å². The smallest absolute Gasteiger partial charge is 0.263 e. The Morgan fingerprint density at radius 1 is 1.17 bits per heavy atom. The average Bonchev–Trinajstić information content (AvgIpc) is 3.17. The number of anilines is 1. The second-order valence-corrected chi connectivity index (χ2v) is 7.81. The van der Waals surface area contributed by atoms with Gasteiger partial charge in [0.05, 0.1) is 24.2 Å². The number of aromatic nitrogens is 2. The highest BCUT2D eigenvalue weighted by molar-refractivity contribution is 7.17. The Hall–Kier alpha value is -3.76. The molecular formula is C23H18N4O2S. The van der Waals surface area contributed by atoms with Crippen molar-refractivity contribution in [2.24, 2.45) is 0 Å². The van der Waals surface area contributed by atoms with Gasteiger partial charge in [0.15, 0.2) is 0 Å². The summed E-state index contributed by atoms with van der Waals surface area (Å²) in [5.74, 6) is -0.321. The van der Waals surface area contributed by atoms with Gasteiger partial charge in [0.25, 0.3) is 5.56 Å². The van der Waals surface area contributed by atoms with E-state index in [1.807, 2.05) is 36.6 Å². The van der Waals surface area contributed by atoms with E-state index in [0.29, 0.717) is 22.3 Å². The van der Waals surface area contributed by atoms with Crippen LogP contribution >= 0.6 is 11.3 Å². The number of fused-ring (bicyclic) bond motifs is 1. The number of hydrogen-bond acceptors (Lipinski definition) is 5. The summed E-state index contributed by atoms with van der Waals surface area (Å²) in [6.45, 7) is 1.88. The van der Waals surface area contributed by atoms with Gasteiger partial charge in [-0.1, -0.05) is 42.0 Å². The molecule has 7 heteroatoms. The van der Waals surface area contributed by atoms with E-state index in [-0.39, 0.29) is 18.0 Å². The lowest BCUT2D eigenvalue weighted by molar-refractivity contribution is -0.116. The molecule has 0 atom stereocenters. The number of carbonyl (C=O) groups is 1. The van der Waals surface area contributed by atoms with Gasteiger partial charge in [-0.05, 0) is 30.2 Å². The Bertz CT molecular complexity index is 1310. The van der Waals surface area contributed by atoms with Gasteiger partial charge in [-0.25, -0.2) is 4.98 Å². The Morgan fingerprint density at radius 2 is 1.90 bits per heavy atom. The molecule has 0 radical (unpaired) electrons. The normalized spacial score (nSPS) is 10.7.